The van der Waals surface area contributed by atoms with Crippen LogP contribution in [0, 0.1) is 5.82 Å². The molecule has 0 bridgehead atoms. The highest BCUT2D eigenvalue weighted by Gasteiger charge is 2.37. The number of hydrogen-bond acceptors (Lipinski definition) is 3. The Labute approximate surface area is 139 Å². The maximum atomic E-state index is 13.0. The molecule has 6 nitrogen and oxygen atoms in total. The van der Waals surface area contributed by atoms with Gasteiger partial charge in [0, 0.05) is 19.6 Å². The summed E-state index contributed by atoms with van der Waals surface area (Å²) >= 11 is 0. The Bertz CT molecular complexity index is 662. The van der Waals surface area contributed by atoms with Crippen LogP contribution in [0.1, 0.15) is 18.4 Å². The summed E-state index contributed by atoms with van der Waals surface area (Å²) in [6, 6.07) is 5.86. The molecule has 7 heteroatoms. The molecule has 4 amide bonds. The lowest BCUT2D eigenvalue weighted by molar-refractivity contribution is -0.137. The number of imide groups is 1. The number of carbonyl (C=O) groups excluding carboxylic acids is 3. The molecular formula is C17H20FN3O3. The number of halogens is 1. The minimum absolute atomic E-state index is 0.0190. The molecule has 1 aromatic rings. The molecule has 0 aromatic heterocycles. The number of urea groups is 1. The van der Waals surface area contributed by atoms with Gasteiger partial charge in [0.1, 0.15) is 18.9 Å². The van der Waals surface area contributed by atoms with Gasteiger partial charge in [-0.3, -0.25) is 14.5 Å². The summed E-state index contributed by atoms with van der Waals surface area (Å²) in [5.74, 6) is -0.838. The molecule has 2 aliphatic heterocycles. The van der Waals surface area contributed by atoms with Crippen LogP contribution in [0.15, 0.2) is 24.3 Å². The predicted molar refractivity (Wildman–Crippen MR) is 84.6 cm³/mol. The van der Waals surface area contributed by atoms with E-state index in [1.54, 1.807) is 17.0 Å². The molecule has 3 rings (SSSR count). The van der Waals surface area contributed by atoms with E-state index in [9.17, 15) is 18.8 Å². The summed E-state index contributed by atoms with van der Waals surface area (Å²) < 4.78 is 13.0. The zero-order chi connectivity index (χ0) is 17.3. The van der Waals surface area contributed by atoms with E-state index in [1.807, 2.05) is 0 Å². The number of hydrogen-bond donors (Lipinski definition) is 0. The molecule has 0 spiro atoms. The van der Waals surface area contributed by atoms with E-state index in [-0.39, 0.29) is 36.8 Å². The molecule has 2 heterocycles. The van der Waals surface area contributed by atoms with E-state index in [0.29, 0.717) is 13.0 Å². The first-order valence-electron chi connectivity index (χ1n) is 8.05. The van der Waals surface area contributed by atoms with E-state index < -0.39 is 6.03 Å². The van der Waals surface area contributed by atoms with E-state index in [4.69, 9.17) is 0 Å². The Morgan fingerprint density at radius 2 is 1.96 bits per heavy atom. The molecule has 128 valence electrons. The predicted octanol–water partition coefficient (Wildman–Crippen LogP) is 1.25. The number of benzene rings is 1. The molecule has 0 saturated carbocycles. The van der Waals surface area contributed by atoms with Crippen molar-refractivity contribution in [3.63, 3.8) is 0 Å². The van der Waals surface area contributed by atoms with Gasteiger partial charge >= 0.3 is 6.03 Å². The van der Waals surface area contributed by atoms with Gasteiger partial charge in [-0.25, -0.2) is 9.18 Å². The highest BCUT2D eigenvalue weighted by atomic mass is 19.1. The lowest BCUT2D eigenvalue weighted by Crippen LogP contribution is -2.45. The average molecular weight is 333 g/mol. The molecule has 2 fully saturated rings. The van der Waals surface area contributed by atoms with Gasteiger partial charge in [0.2, 0.25) is 5.91 Å². The lowest BCUT2D eigenvalue weighted by atomic mass is 10.0. The topological polar surface area (TPSA) is 60.9 Å². The Hall–Kier alpha value is -2.44. The smallest absolute Gasteiger partial charge is 0.327 e. The molecule has 1 atom stereocenters. The van der Waals surface area contributed by atoms with Crippen LogP contribution in [0.25, 0.3) is 0 Å². The van der Waals surface area contributed by atoms with Gasteiger partial charge in [-0.1, -0.05) is 12.1 Å². The largest absolute Gasteiger partial charge is 0.338 e. The van der Waals surface area contributed by atoms with Crippen molar-refractivity contribution >= 4 is 17.8 Å². The maximum absolute atomic E-state index is 13.0. The van der Waals surface area contributed by atoms with Crippen LogP contribution in [0.2, 0.25) is 0 Å². The molecule has 0 aliphatic carbocycles. The highest BCUT2D eigenvalue weighted by Crippen LogP contribution is 2.22. The molecule has 2 saturated heterocycles. The van der Waals surface area contributed by atoms with Crippen molar-refractivity contribution in [1.29, 1.82) is 0 Å². The van der Waals surface area contributed by atoms with Crippen molar-refractivity contribution < 1.29 is 18.8 Å². The van der Waals surface area contributed by atoms with Gasteiger partial charge in [-0.05, 0) is 37.0 Å². The summed E-state index contributed by atoms with van der Waals surface area (Å²) in [7, 11) is 1.54. The minimum atomic E-state index is -0.428. The summed E-state index contributed by atoms with van der Waals surface area (Å²) in [6.07, 6.45) is 2.40. The summed E-state index contributed by atoms with van der Waals surface area (Å²) in [6.45, 7) is 0.434. The van der Waals surface area contributed by atoms with Crippen molar-refractivity contribution in [2.75, 3.05) is 26.7 Å². The lowest BCUT2D eigenvalue weighted by Gasteiger charge is -2.26. The summed E-state index contributed by atoms with van der Waals surface area (Å²) in [5, 5.41) is 0. The monoisotopic (exact) mass is 333 g/mol. The first-order valence-corrected chi connectivity index (χ1v) is 8.05. The van der Waals surface area contributed by atoms with Crippen LogP contribution in [0.5, 0.6) is 0 Å². The van der Waals surface area contributed by atoms with Crippen LogP contribution < -0.4 is 0 Å². The Kier molecular flexibility index (Phi) is 4.51. The fourth-order valence-corrected chi connectivity index (χ4v) is 3.32. The minimum Gasteiger partial charge on any atom is -0.338 e. The first-order chi connectivity index (χ1) is 11.5. The fourth-order valence-electron chi connectivity index (χ4n) is 3.32. The summed E-state index contributed by atoms with van der Waals surface area (Å²) in [5.41, 5.74) is 0.967. The van der Waals surface area contributed by atoms with Crippen molar-refractivity contribution in [1.82, 2.24) is 14.7 Å². The SMILES string of the molecule is CN1CC(=O)N(CC(=O)N2CCCC2Cc2ccc(F)cc2)C1=O. The second-order valence-corrected chi connectivity index (χ2v) is 6.33. The standard InChI is InChI=1S/C17H20FN3O3/c1-19-10-15(22)21(17(19)24)11-16(23)20-8-2-3-14(20)9-12-4-6-13(18)7-5-12/h4-7,14H,2-3,8-11H2,1H3. The molecule has 2 aliphatic rings. The van der Waals surface area contributed by atoms with Crippen molar-refractivity contribution in [3.8, 4) is 0 Å². The zero-order valence-electron chi connectivity index (χ0n) is 13.6. The highest BCUT2D eigenvalue weighted by molar-refractivity contribution is 6.04. The molecular weight excluding hydrogens is 313 g/mol. The van der Waals surface area contributed by atoms with E-state index in [2.05, 4.69) is 0 Å². The second-order valence-electron chi connectivity index (χ2n) is 6.33. The molecule has 1 unspecified atom stereocenters. The Balaban J connectivity index is 1.64. The molecule has 0 N–H and O–H groups in total. The first kappa shape index (κ1) is 16.4. The Morgan fingerprint density at radius 1 is 1.25 bits per heavy atom. The van der Waals surface area contributed by atoms with Gasteiger partial charge in [0.25, 0.3) is 5.91 Å². The third-order valence-electron chi connectivity index (χ3n) is 4.61. The number of likely N-dealkylation sites (N-methyl/N-ethyl adjacent to an activating group) is 1. The van der Waals surface area contributed by atoms with Crippen LogP contribution in [0.3, 0.4) is 0 Å². The number of likely N-dealkylation sites (tertiary alicyclic amines) is 1. The van der Waals surface area contributed by atoms with Crippen LogP contribution in [-0.4, -0.2) is 65.3 Å². The van der Waals surface area contributed by atoms with Crippen LogP contribution in [-0.2, 0) is 16.0 Å². The normalized spacial score (nSPS) is 21.1. The van der Waals surface area contributed by atoms with Crippen molar-refractivity contribution in [2.45, 2.75) is 25.3 Å². The summed E-state index contributed by atoms with van der Waals surface area (Å²) in [4.78, 5) is 40.3. The van der Waals surface area contributed by atoms with E-state index >= 15 is 0 Å². The van der Waals surface area contributed by atoms with Crippen LogP contribution in [0.4, 0.5) is 9.18 Å². The quantitative estimate of drug-likeness (QED) is 0.779. The van der Waals surface area contributed by atoms with Gasteiger partial charge in [0.15, 0.2) is 0 Å². The number of carbonyl (C=O) groups is 3. The van der Waals surface area contributed by atoms with Crippen LogP contribution >= 0.6 is 0 Å². The second kappa shape index (κ2) is 6.59. The molecule has 24 heavy (non-hydrogen) atoms. The Morgan fingerprint density at radius 3 is 2.58 bits per heavy atom. The average Bonchev–Trinajstić information content (AvgIpc) is 3.10. The number of nitrogens with zero attached hydrogens (tertiary/aromatic N) is 3. The van der Waals surface area contributed by atoms with Crippen molar-refractivity contribution in [2.24, 2.45) is 0 Å². The molecule has 1 aromatic carbocycles. The van der Waals surface area contributed by atoms with Gasteiger partial charge < -0.3 is 9.80 Å². The van der Waals surface area contributed by atoms with E-state index in [0.717, 1.165) is 23.3 Å². The third-order valence-corrected chi connectivity index (χ3v) is 4.61. The maximum Gasteiger partial charge on any atom is 0.327 e. The van der Waals surface area contributed by atoms with E-state index in [1.165, 1.54) is 24.1 Å². The van der Waals surface area contributed by atoms with Gasteiger partial charge in [0.05, 0.1) is 0 Å². The van der Waals surface area contributed by atoms with Gasteiger partial charge in [-0.15, -0.1) is 0 Å². The fraction of sp³-hybridized carbons (Fsp3) is 0.471. The van der Waals surface area contributed by atoms with Gasteiger partial charge in [-0.2, -0.15) is 0 Å². The number of rotatable bonds is 4. The zero-order valence-corrected chi connectivity index (χ0v) is 13.6. The third kappa shape index (κ3) is 3.25. The molecule has 0 radical (unpaired) electrons. The van der Waals surface area contributed by atoms with Crippen molar-refractivity contribution in [3.05, 3.63) is 35.6 Å². The number of amides is 4.